The van der Waals surface area contributed by atoms with Crippen molar-refractivity contribution in [2.75, 3.05) is 6.54 Å². The Morgan fingerprint density at radius 3 is 2.86 bits per heavy atom. The van der Waals surface area contributed by atoms with E-state index in [4.69, 9.17) is 0 Å². The first-order chi connectivity index (χ1) is 10.7. The van der Waals surface area contributed by atoms with E-state index < -0.39 is 0 Å². The number of aromatic nitrogens is 1. The van der Waals surface area contributed by atoms with Gasteiger partial charge in [-0.2, -0.15) is 0 Å². The van der Waals surface area contributed by atoms with Crippen LogP contribution in [0.4, 0.5) is 4.79 Å². The number of hydrogen-bond acceptors (Lipinski definition) is 2. The number of rotatable bonds is 5. The number of fused-ring (bicyclic) bond motifs is 1. The van der Waals surface area contributed by atoms with Gasteiger partial charge in [0.2, 0.25) is 0 Å². The number of H-pyrrole nitrogens is 1. The third-order valence-corrected chi connectivity index (χ3v) is 4.57. The highest BCUT2D eigenvalue weighted by atomic mass is 32.1. The molecular formula is C17H19N3OS. The molecule has 3 N–H and O–H groups in total. The number of carbonyl (C=O) groups is 1. The van der Waals surface area contributed by atoms with Gasteiger partial charge in [0.1, 0.15) is 0 Å². The van der Waals surface area contributed by atoms with Crippen molar-refractivity contribution in [1.29, 1.82) is 0 Å². The van der Waals surface area contributed by atoms with Crippen LogP contribution >= 0.6 is 11.3 Å². The molecule has 2 amide bonds. The van der Waals surface area contributed by atoms with Crippen LogP contribution in [-0.2, 0) is 13.0 Å². The summed E-state index contributed by atoms with van der Waals surface area (Å²) in [4.78, 5) is 16.3. The molecule has 3 aromatic rings. The summed E-state index contributed by atoms with van der Waals surface area (Å²) in [7, 11) is 0. The number of aryl methyl sites for hydroxylation is 1. The number of urea groups is 1. The van der Waals surface area contributed by atoms with Crippen LogP contribution in [0.15, 0.2) is 41.8 Å². The summed E-state index contributed by atoms with van der Waals surface area (Å²) < 4.78 is 0. The van der Waals surface area contributed by atoms with Crippen LogP contribution in [0.5, 0.6) is 0 Å². The smallest absolute Gasteiger partial charge is 0.315 e. The largest absolute Gasteiger partial charge is 0.358 e. The van der Waals surface area contributed by atoms with Crippen LogP contribution in [0, 0.1) is 6.92 Å². The lowest BCUT2D eigenvalue weighted by atomic mass is 10.1. The quantitative estimate of drug-likeness (QED) is 0.662. The summed E-state index contributed by atoms with van der Waals surface area (Å²) in [6.45, 7) is 3.28. The van der Waals surface area contributed by atoms with E-state index in [0.29, 0.717) is 13.1 Å². The van der Waals surface area contributed by atoms with Crippen molar-refractivity contribution >= 4 is 28.3 Å². The van der Waals surface area contributed by atoms with Gasteiger partial charge in [-0.1, -0.05) is 24.3 Å². The van der Waals surface area contributed by atoms with E-state index in [0.717, 1.165) is 16.8 Å². The third-order valence-electron chi connectivity index (χ3n) is 3.69. The molecule has 114 valence electrons. The Hall–Kier alpha value is -2.27. The van der Waals surface area contributed by atoms with Gasteiger partial charge < -0.3 is 15.6 Å². The first-order valence-corrected chi connectivity index (χ1v) is 8.22. The molecule has 0 saturated heterocycles. The Morgan fingerprint density at radius 1 is 1.18 bits per heavy atom. The van der Waals surface area contributed by atoms with E-state index in [9.17, 15) is 4.79 Å². The molecule has 3 rings (SSSR count). The molecule has 0 aliphatic heterocycles. The lowest BCUT2D eigenvalue weighted by Crippen LogP contribution is -2.36. The van der Waals surface area contributed by atoms with Gasteiger partial charge in [0.05, 0.1) is 6.54 Å². The highest BCUT2D eigenvalue weighted by Gasteiger charge is 2.08. The molecule has 1 aromatic carbocycles. The molecule has 0 aliphatic carbocycles. The molecule has 22 heavy (non-hydrogen) atoms. The molecule has 0 fully saturated rings. The number of nitrogens with one attached hydrogen (secondary N) is 3. The van der Waals surface area contributed by atoms with Gasteiger partial charge in [-0.05, 0) is 36.4 Å². The topological polar surface area (TPSA) is 56.9 Å². The summed E-state index contributed by atoms with van der Waals surface area (Å²) in [5.41, 5.74) is 3.59. The van der Waals surface area contributed by atoms with Gasteiger partial charge >= 0.3 is 6.03 Å². The number of benzene rings is 1. The fourth-order valence-electron chi connectivity index (χ4n) is 2.60. The Balaban J connectivity index is 1.51. The predicted molar refractivity (Wildman–Crippen MR) is 91.3 cm³/mol. The molecule has 0 bridgehead atoms. The Labute approximate surface area is 133 Å². The van der Waals surface area contributed by atoms with Crippen molar-refractivity contribution in [3.63, 3.8) is 0 Å². The van der Waals surface area contributed by atoms with Crippen molar-refractivity contribution in [1.82, 2.24) is 15.6 Å². The average molecular weight is 313 g/mol. The van der Waals surface area contributed by atoms with E-state index in [2.05, 4.69) is 34.7 Å². The zero-order valence-corrected chi connectivity index (χ0v) is 13.3. The molecule has 0 radical (unpaired) electrons. The van der Waals surface area contributed by atoms with Crippen molar-refractivity contribution in [2.45, 2.75) is 19.9 Å². The second-order valence-electron chi connectivity index (χ2n) is 5.21. The standard InChI is InChI=1S/C17H19N3OS/c1-12-14(15-6-2-3-7-16(15)20-12)8-9-18-17(21)19-11-13-5-4-10-22-13/h2-7,10,20H,8-9,11H2,1H3,(H2,18,19,21). The maximum atomic E-state index is 11.8. The first-order valence-electron chi connectivity index (χ1n) is 7.34. The van der Waals surface area contributed by atoms with Crippen molar-refractivity contribution in [3.8, 4) is 0 Å². The molecule has 5 heteroatoms. The molecule has 0 aliphatic rings. The summed E-state index contributed by atoms with van der Waals surface area (Å²) >= 11 is 1.64. The molecule has 2 heterocycles. The van der Waals surface area contributed by atoms with Crippen LogP contribution in [0.3, 0.4) is 0 Å². The summed E-state index contributed by atoms with van der Waals surface area (Å²) in [5, 5.41) is 9.03. The monoisotopic (exact) mass is 313 g/mol. The second-order valence-corrected chi connectivity index (χ2v) is 6.25. The molecular weight excluding hydrogens is 294 g/mol. The molecule has 2 aromatic heterocycles. The number of carbonyl (C=O) groups excluding carboxylic acids is 1. The summed E-state index contributed by atoms with van der Waals surface area (Å²) in [5.74, 6) is 0. The number of hydrogen-bond donors (Lipinski definition) is 3. The normalized spacial score (nSPS) is 10.8. The summed E-state index contributed by atoms with van der Waals surface area (Å²) in [6.07, 6.45) is 0.822. The lowest BCUT2D eigenvalue weighted by Gasteiger charge is -2.07. The Kier molecular flexibility index (Phi) is 4.44. The molecule has 0 unspecified atom stereocenters. The van der Waals surface area contributed by atoms with Gasteiger partial charge in [0.25, 0.3) is 0 Å². The highest BCUT2D eigenvalue weighted by molar-refractivity contribution is 7.09. The van der Waals surface area contributed by atoms with Crippen molar-refractivity contribution in [2.24, 2.45) is 0 Å². The lowest BCUT2D eigenvalue weighted by molar-refractivity contribution is 0.240. The van der Waals surface area contributed by atoms with E-state index in [1.54, 1.807) is 11.3 Å². The third kappa shape index (κ3) is 3.31. The minimum Gasteiger partial charge on any atom is -0.358 e. The van der Waals surface area contributed by atoms with Crippen molar-refractivity contribution < 1.29 is 4.79 Å². The van der Waals surface area contributed by atoms with Crippen LogP contribution in [0.25, 0.3) is 10.9 Å². The van der Waals surface area contributed by atoms with Gasteiger partial charge in [0, 0.05) is 28.0 Å². The van der Waals surface area contributed by atoms with E-state index in [-0.39, 0.29) is 6.03 Å². The van der Waals surface area contributed by atoms with Crippen molar-refractivity contribution in [3.05, 3.63) is 57.9 Å². The minimum absolute atomic E-state index is 0.120. The van der Waals surface area contributed by atoms with E-state index >= 15 is 0 Å². The predicted octanol–water partition coefficient (Wildman–Crippen LogP) is 3.58. The van der Waals surface area contributed by atoms with Crippen LogP contribution in [-0.4, -0.2) is 17.6 Å². The van der Waals surface area contributed by atoms with Gasteiger partial charge in [-0.25, -0.2) is 4.79 Å². The number of para-hydroxylation sites is 1. The van der Waals surface area contributed by atoms with Crippen LogP contribution in [0.1, 0.15) is 16.1 Å². The highest BCUT2D eigenvalue weighted by Crippen LogP contribution is 2.21. The Bertz CT molecular complexity index is 761. The molecule has 0 spiro atoms. The minimum atomic E-state index is -0.120. The number of aromatic amines is 1. The maximum absolute atomic E-state index is 11.8. The first kappa shape index (κ1) is 14.7. The van der Waals surface area contributed by atoms with Crippen LogP contribution < -0.4 is 10.6 Å². The molecule has 0 atom stereocenters. The fraction of sp³-hybridized carbons (Fsp3) is 0.235. The summed E-state index contributed by atoms with van der Waals surface area (Å²) in [6, 6.07) is 12.1. The molecule has 4 nitrogen and oxygen atoms in total. The second kappa shape index (κ2) is 6.66. The van der Waals surface area contributed by atoms with E-state index in [1.165, 1.54) is 16.6 Å². The zero-order valence-electron chi connectivity index (χ0n) is 12.5. The average Bonchev–Trinajstić information content (AvgIpc) is 3.13. The van der Waals surface area contributed by atoms with E-state index in [1.807, 2.05) is 29.6 Å². The zero-order chi connectivity index (χ0) is 15.4. The Morgan fingerprint density at radius 2 is 2.05 bits per heavy atom. The van der Waals surface area contributed by atoms with Gasteiger partial charge in [0.15, 0.2) is 0 Å². The molecule has 0 saturated carbocycles. The number of thiophene rings is 1. The number of amides is 2. The SMILES string of the molecule is Cc1[nH]c2ccccc2c1CCNC(=O)NCc1cccs1. The fourth-order valence-corrected chi connectivity index (χ4v) is 3.25. The van der Waals surface area contributed by atoms with Gasteiger partial charge in [-0.3, -0.25) is 0 Å². The maximum Gasteiger partial charge on any atom is 0.315 e. The van der Waals surface area contributed by atoms with Crippen LogP contribution in [0.2, 0.25) is 0 Å². The van der Waals surface area contributed by atoms with Gasteiger partial charge in [-0.15, -0.1) is 11.3 Å².